The summed E-state index contributed by atoms with van der Waals surface area (Å²) in [5, 5.41) is 3.50. The lowest BCUT2D eigenvalue weighted by Crippen LogP contribution is -2.44. The van der Waals surface area contributed by atoms with Crippen molar-refractivity contribution in [1.82, 2.24) is 14.5 Å². The summed E-state index contributed by atoms with van der Waals surface area (Å²) in [6, 6.07) is 0.616. The molecule has 5 nitrogen and oxygen atoms in total. The summed E-state index contributed by atoms with van der Waals surface area (Å²) in [5.74, 6) is 1.02. The van der Waals surface area contributed by atoms with E-state index >= 15 is 0 Å². The molecule has 3 aliphatic rings. The number of piperidine rings is 1. The monoisotopic (exact) mass is 275 g/mol. The SMILES string of the molecule is CN(C)S(=O)(=O)CCCN1C[C@@H]2CC[C@H]1CNC2. The minimum atomic E-state index is -3.03. The van der Waals surface area contributed by atoms with Crippen molar-refractivity contribution in [3.63, 3.8) is 0 Å². The molecule has 18 heavy (non-hydrogen) atoms. The quantitative estimate of drug-likeness (QED) is 0.764. The highest BCUT2D eigenvalue weighted by atomic mass is 32.2. The van der Waals surface area contributed by atoms with E-state index in [1.165, 1.54) is 17.1 Å². The van der Waals surface area contributed by atoms with Gasteiger partial charge in [0.25, 0.3) is 0 Å². The molecule has 0 aromatic heterocycles. The highest BCUT2D eigenvalue weighted by Crippen LogP contribution is 2.24. The smallest absolute Gasteiger partial charge is 0.213 e. The maximum atomic E-state index is 11.7. The number of hydrogen-bond acceptors (Lipinski definition) is 4. The fourth-order valence-electron chi connectivity index (χ4n) is 2.94. The molecule has 3 heterocycles. The number of sulfonamides is 1. The van der Waals surface area contributed by atoms with E-state index in [0.717, 1.165) is 38.5 Å². The first kappa shape index (κ1) is 14.2. The van der Waals surface area contributed by atoms with Crippen LogP contribution in [0.4, 0.5) is 0 Å². The second-order valence-corrected chi connectivity index (χ2v) is 8.00. The first-order valence-electron chi connectivity index (χ1n) is 6.84. The standard InChI is InChI=1S/C12H25N3O2S/c1-14(2)18(16,17)7-3-6-15-10-11-4-5-12(15)9-13-8-11/h11-13H,3-10H2,1-2H3/t11-,12+/m1/s1. The van der Waals surface area contributed by atoms with Crippen LogP contribution in [-0.4, -0.2) is 69.7 Å². The summed E-state index contributed by atoms with van der Waals surface area (Å²) >= 11 is 0. The third kappa shape index (κ3) is 3.44. The van der Waals surface area contributed by atoms with Crippen LogP contribution >= 0.6 is 0 Å². The van der Waals surface area contributed by atoms with Crippen LogP contribution in [0.2, 0.25) is 0 Å². The summed E-state index contributed by atoms with van der Waals surface area (Å²) in [4.78, 5) is 2.49. The molecule has 3 aliphatic heterocycles. The zero-order chi connectivity index (χ0) is 13.2. The van der Waals surface area contributed by atoms with Crippen LogP contribution < -0.4 is 5.32 Å². The topological polar surface area (TPSA) is 52.7 Å². The molecule has 2 atom stereocenters. The summed E-state index contributed by atoms with van der Waals surface area (Å²) in [7, 11) is 0.179. The van der Waals surface area contributed by atoms with Crippen LogP contribution in [0.3, 0.4) is 0 Å². The van der Waals surface area contributed by atoms with Crippen molar-refractivity contribution < 1.29 is 8.42 Å². The number of rotatable bonds is 5. The second-order valence-electron chi connectivity index (χ2n) is 5.70. The summed E-state index contributed by atoms with van der Waals surface area (Å²) in [5.41, 5.74) is 0. The second kappa shape index (κ2) is 5.86. The van der Waals surface area contributed by atoms with Gasteiger partial charge in [-0.25, -0.2) is 12.7 Å². The molecular weight excluding hydrogens is 250 g/mol. The van der Waals surface area contributed by atoms with Gasteiger partial charge in [0.15, 0.2) is 0 Å². The number of nitrogens with one attached hydrogen (secondary N) is 1. The minimum absolute atomic E-state index is 0.265. The summed E-state index contributed by atoms with van der Waals surface area (Å²) < 4.78 is 24.7. The Balaban J connectivity index is 1.80. The molecule has 0 aliphatic carbocycles. The van der Waals surface area contributed by atoms with E-state index in [4.69, 9.17) is 0 Å². The van der Waals surface area contributed by atoms with Gasteiger partial charge in [-0.05, 0) is 38.3 Å². The Hall–Kier alpha value is -0.170. The summed E-state index contributed by atoms with van der Waals surface area (Å²) in [6.45, 7) is 4.25. The number of nitrogens with zero attached hydrogens (tertiary/aromatic N) is 2. The van der Waals surface area contributed by atoms with Crippen LogP contribution in [0.25, 0.3) is 0 Å². The van der Waals surface area contributed by atoms with Gasteiger partial charge in [-0.1, -0.05) is 0 Å². The zero-order valence-corrected chi connectivity index (χ0v) is 12.2. The van der Waals surface area contributed by atoms with Crippen LogP contribution in [-0.2, 0) is 10.0 Å². The van der Waals surface area contributed by atoms with E-state index in [2.05, 4.69) is 10.2 Å². The van der Waals surface area contributed by atoms with E-state index in [1.807, 2.05) is 0 Å². The average Bonchev–Trinajstić information content (AvgIpc) is 2.63. The first-order valence-corrected chi connectivity index (χ1v) is 8.45. The van der Waals surface area contributed by atoms with Crippen molar-refractivity contribution in [2.24, 2.45) is 5.92 Å². The van der Waals surface area contributed by atoms with E-state index in [-0.39, 0.29) is 5.75 Å². The molecule has 0 unspecified atom stereocenters. The van der Waals surface area contributed by atoms with E-state index in [1.54, 1.807) is 14.1 Å². The largest absolute Gasteiger partial charge is 0.315 e. The minimum Gasteiger partial charge on any atom is -0.315 e. The van der Waals surface area contributed by atoms with Gasteiger partial charge in [0.1, 0.15) is 0 Å². The van der Waals surface area contributed by atoms with Crippen LogP contribution in [0.1, 0.15) is 19.3 Å². The van der Waals surface area contributed by atoms with Crippen molar-refractivity contribution >= 4 is 10.0 Å². The van der Waals surface area contributed by atoms with Gasteiger partial charge in [-0.15, -0.1) is 0 Å². The predicted molar refractivity (Wildman–Crippen MR) is 73.0 cm³/mol. The third-order valence-corrected chi connectivity index (χ3v) is 6.05. The van der Waals surface area contributed by atoms with Crippen LogP contribution in [0.15, 0.2) is 0 Å². The Kier molecular flexibility index (Phi) is 4.64. The van der Waals surface area contributed by atoms with Crippen molar-refractivity contribution in [3.8, 4) is 0 Å². The molecular formula is C12H25N3O2S. The molecule has 2 bridgehead atoms. The van der Waals surface area contributed by atoms with Crippen molar-refractivity contribution in [3.05, 3.63) is 0 Å². The lowest BCUT2D eigenvalue weighted by atomic mass is 9.95. The lowest BCUT2D eigenvalue weighted by Gasteiger charge is -2.36. The molecule has 3 rings (SSSR count). The average molecular weight is 275 g/mol. The Bertz CT molecular complexity index is 366. The highest BCUT2D eigenvalue weighted by Gasteiger charge is 2.30. The Morgan fingerprint density at radius 1 is 1.28 bits per heavy atom. The van der Waals surface area contributed by atoms with Gasteiger partial charge >= 0.3 is 0 Å². The first-order chi connectivity index (χ1) is 8.49. The van der Waals surface area contributed by atoms with Crippen molar-refractivity contribution in [2.45, 2.75) is 25.3 Å². The zero-order valence-electron chi connectivity index (χ0n) is 11.4. The normalized spacial score (nSPS) is 29.7. The summed E-state index contributed by atoms with van der Waals surface area (Å²) in [6.07, 6.45) is 3.33. The van der Waals surface area contributed by atoms with E-state index < -0.39 is 10.0 Å². The maximum absolute atomic E-state index is 11.7. The van der Waals surface area contributed by atoms with Gasteiger partial charge < -0.3 is 5.32 Å². The van der Waals surface area contributed by atoms with Crippen molar-refractivity contribution in [2.75, 3.05) is 46.0 Å². The Morgan fingerprint density at radius 3 is 2.78 bits per heavy atom. The molecule has 0 aromatic carbocycles. The fourth-order valence-corrected chi connectivity index (χ4v) is 3.80. The molecule has 3 saturated heterocycles. The molecule has 3 fully saturated rings. The van der Waals surface area contributed by atoms with Crippen LogP contribution in [0, 0.1) is 5.92 Å². The molecule has 0 radical (unpaired) electrons. The molecule has 0 saturated carbocycles. The molecule has 1 N–H and O–H groups in total. The Labute approximate surface area is 111 Å². The van der Waals surface area contributed by atoms with Gasteiger partial charge in [0.2, 0.25) is 10.0 Å². The molecule has 106 valence electrons. The van der Waals surface area contributed by atoms with E-state index in [0.29, 0.717) is 6.04 Å². The van der Waals surface area contributed by atoms with Gasteiger partial charge in [-0.2, -0.15) is 0 Å². The molecule has 0 amide bonds. The molecule has 0 spiro atoms. The number of fused-ring (bicyclic) bond motifs is 4. The van der Waals surface area contributed by atoms with Crippen molar-refractivity contribution in [1.29, 1.82) is 0 Å². The maximum Gasteiger partial charge on any atom is 0.213 e. The molecule has 0 aromatic rings. The van der Waals surface area contributed by atoms with Gasteiger partial charge in [0.05, 0.1) is 5.75 Å². The van der Waals surface area contributed by atoms with Gasteiger partial charge in [-0.3, -0.25) is 4.90 Å². The lowest BCUT2D eigenvalue weighted by molar-refractivity contribution is 0.134. The number of hydrogen-bond donors (Lipinski definition) is 1. The molecule has 6 heteroatoms. The predicted octanol–water partition coefficient (Wildman–Crippen LogP) is -0.0483. The third-order valence-electron chi connectivity index (χ3n) is 4.13. The highest BCUT2D eigenvalue weighted by molar-refractivity contribution is 7.89. The van der Waals surface area contributed by atoms with Gasteiger partial charge in [0, 0.05) is 33.2 Å². The Morgan fingerprint density at radius 2 is 2.06 bits per heavy atom. The fraction of sp³-hybridized carbons (Fsp3) is 1.00. The van der Waals surface area contributed by atoms with Crippen LogP contribution in [0.5, 0.6) is 0 Å². The van der Waals surface area contributed by atoms with E-state index in [9.17, 15) is 8.42 Å².